The molecule has 4 heterocycles. The molecule has 0 fully saturated rings. The van der Waals surface area contributed by atoms with Gasteiger partial charge >= 0.3 is 11.9 Å². The maximum atomic E-state index is 13.0. The lowest BCUT2D eigenvalue weighted by Crippen LogP contribution is -2.23. The molecule has 0 aliphatic carbocycles. The summed E-state index contributed by atoms with van der Waals surface area (Å²) in [6, 6.07) is 7.93. The molecular weight excluding hydrogens is 461 g/mol. The van der Waals surface area contributed by atoms with Crippen LogP contribution in [-0.2, 0) is 16.0 Å². The Kier molecular flexibility index (Phi) is 5.25. The standard InChI is InChI=1S/C20H13F3N6O3S/c1-2-33(31,32)16-7-13(12-3-5-15(8-24)25-9-12)10-26-18(16)29-19(30)28-11-14(20(21,22)23)4-6-17(28)27-29/h3-7,9-11H,2H2,1H3. The number of rotatable bonds is 4. The number of pyridine rings is 3. The Morgan fingerprint density at radius 2 is 1.82 bits per heavy atom. The lowest BCUT2D eigenvalue weighted by atomic mass is 10.1. The molecular formula is C20H13F3N6O3S. The predicted molar refractivity (Wildman–Crippen MR) is 109 cm³/mol. The fraction of sp³-hybridized carbons (Fsp3) is 0.150. The Hall–Kier alpha value is -4.05. The maximum absolute atomic E-state index is 13.0. The Morgan fingerprint density at radius 3 is 2.42 bits per heavy atom. The van der Waals surface area contributed by atoms with Crippen LogP contribution < -0.4 is 5.69 Å². The Morgan fingerprint density at radius 1 is 1.09 bits per heavy atom. The smallest absolute Gasteiger partial charge is 0.249 e. The number of halogens is 3. The van der Waals surface area contributed by atoms with Crippen LogP contribution in [0.15, 0.2) is 58.6 Å². The van der Waals surface area contributed by atoms with Gasteiger partial charge in [-0.15, -0.1) is 5.10 Å². The highest BCUT2D eigenvalue weighted by Gasteiger charge is 2.31. The molecule has 0 bridgehead atoms. The van der Waals surface area contributed by atoms with Gasteiger partial charge < -0.3 is 0 Å². The van der Waals surface area contributed by atoms with Gasteiger partial charge in [-0.1, -0.05) is 6.92 Å². The molecule has 0 aromatic carbocycles. The molecule has 0 atom stereocenters. The molecule has 4 aromatic rings. The zero-order valence-corrected chi connectivity index (χ0v) is 17.6. The number of alkyl halides is 3. The van der Waals surface area contributed by atoms with E-state index in [1.807, 2.05) is 6.07 Å². The van der Waals surface area contributed by atoms with E-state index in [1.165, 1.54) is 31.5 Å². The second kappa shape index (κ2) is 7.82. The minimum Gasteiger partial charge on any atom is -0.249 e. The van der Waals surface area contributed by atoms with Crippen LogP contribution in [0.1, 0.15) is 18.2 Å². The Bertz CT molecular complexity index is 1580. The number of sulfone groups is 1. The molecule has 0 amide bonds. The Labute approximate surface area is 184 Å². The van der Waals surface area contributed by atoms with E-state index >= 15 is 0 Å². The molecule has 4 rings (SSSR count). The second-order valence-electron chi connectivity index (χ2n) is 6.83. The number of hydrogen-bond acceptors (Lipinski definition) is 7. The summed E-state index contributed by atoms with van der Waals surface area (Å²) in [5.74, 6) is -0.665. The highest BCUT2D eigenvalue weighted by molar-refractivity contribution is 7.91. The largest absolute Gasteiger partial charge is 0.417 e. The Balaban J connectivity index is 1.93. The molecule has 4 aromatic heterocycles. The van der Waals surface area contributed by atoms with Gasteiger partial charge in [0.05, 0.1) is 11.3 Å². The van der Waals surface area contributed by atoms with E-state index in [0.29, 0.717) is 26.4 Å². The fourth-order valence-electron chi connectivity index (χ4n) is 3.05. The van der Waals surface area contributed by atoms with Crippen molar-refractivity contribution in [2.75, 3.05) is 5.75 Å². The third-order valence-electron chi connectivity index (χ3n) is 4.80. The normalized spacial score (nSPS) is 12.1. The second-order valence-corrected chi connectivity index (χ2v) is 9.08. The first kappa shape index (κ1) is 22.2. The highest BCUT2D eigenvalue weighted by Crippen LogP contribution is 2.29. The quantitative estimate of drug-likeness (QED) is 0.445. The number of hydrogen-bond donors (Lipinski definition) is 0. The van der Waals surface area contributed by atoms with Crippen molar-refractivity contribution >= 4 is 15.5 Å². The summed E-state index contributed by atoms with van der Waals surface area (Å²) in [6.07, 6.45) is -1.44. The van der Waals surface area contributed by atoms with Gasteiger partial charge in [-0.05, 0) is 30.3 Å². The summed E-state index contributed by atoms with van der Waals surface area (Å²) in [7, 11) is -3.93. The number of nitrogens with zero attached hydrogens (tertiary/aromatic N) is 6. The third kappa shape index (κ3) is 3.96. The summed E-state index contributed by atoms with van der Waals surface area (Å²) in [6.45, 7) is 1.40. The molecule has 168 valence electrons. The van der Waals surface area contributed by atoms with E-state index in [4.69, 9.17) is 5.26 Å². The first-order chi connectivity index (χ1) is 15.5. The molecule has 0 saturated carbocycles. The highest BCUT2D eigenvalue weighted by atomic mass is 32.2. The average Bonchev–Trinajstić information content (AvgIpc) is 3.14. The van der Waals surface area contributed by atoms with Crippen molar-refractivity contribution in [3.05, 3.63) is 70.7 Å². The zero-order chi connectivity index (χ0) is 24.0. The summed E-state index contributed by atoms with van der Waals surface area (Å²) in [5.41, 5.74) is -1.20. The number of nitriles is 1. The number of aromatic nitrogens is 5. The topological polar surface area (TPSA) is 123 Å². The lowest BCUT2D eigenvalue weighted by molar-refractivity contribution is -0.137. The molecule has 0 spiro atoms. The summed E-state index contributed by atoms with van der Waals surface area (Å²) in [4.78, 5) is 20.5. The average molecular weight is 474 g/mol. The van der Waals surface area contributed by atoms with E-state index < -0.39 is 27.3 Å². The molecule has 0 N–H and O–H groups in total. The van der Waals surface area contributed by atoms with Crippen molar-refractivity contribution in [3.63, 3.8) is 0 Å². The van der Waals surface area contributed by atoms with Crippen molar-refractivity contribution in [1.82, 2.24) is 24.1 Å². The first-order valence-electron chi connectivity index (χ1n) is 9.33. The van der Waals surface area contributed by atoms with E-state index in [9.17, 15) is 26.4 Å². The van der Waals surface area contributed by atoms with Gasteiger partial charge in [0.15, 0.2) is 21.3 Å². The van der Waals surface area contributed by atoms with E-state index in [1.54, 1.807) is 6.07 Å². The van der Waals surface area contributed by atoms with Crippen molar-refractivity contribution in [3.8, 4) is 23.0 Å². The molecule has 0 unspecified atom stereocenters. The first-order valence-corrected chi connectivity index (χ1v) is 11.0. The summed E-state index contributed by atoms with van der Waals surface area (Å²) < 4.78 is 66.0. The zero-order valence-electron chi connectivity index (χ0n) is 16.8. The van der Waals surface area contributed by atoms with Crippen LogP contribution >= 0.6 is 0 Å². The molecule has 9 nitrogen and oxygen atoms in total. The minimum absolute atomic E-state index is 0.116. The minimum atomic E-state index is -4.68. The van der Waals surface area contributed by atoms with E-state index in [0.717, 1.165) is 12.1 Å². The van der Waals surface area contributed by atoms with E-state index in [-0.39, 0.29) is 27.8 Å². The molecule has 13 heteroatoms. The van der Waals surface area contributed by atoms with Crippen LogP contribution in [0.4, 0.5) is 13.2 Å². The SMILES string of the molecule is CCS(=O)(=O)c1cc(-c2ccc(C#N)nc2)cnc1-n1nc2ccc(C(F)(F)F)cn2c1=O. The van der Waals surface area contributed by atoms with Crippen LogP contribution in [-0.4, -0.2) is 38.3 Å². The van der Waals surface area contributed by atoms with Crippen molar-refractivity contribution in [1.29, 1.82) is 5.26 Å². The van der Waals surface area contributed by atoms with Crippen LogP contribution in [0.5, 0.6) is 0 Å². The van der Waals surface area contributed by atoms with Gasteiger partial charge in [0.1, 0.15) is 16.7 Å². The van der Waals surface area contributed by atoms with Crippen molar-refractivity contribution in [2.45, 2.75) is 18.0 Å². The molecule has 0 aliphatic heterocycles. The molecule has 33 heavy (non-hydrogen) atoms. The predicted octanol–water partition coefficient (Wildman–Crippen LogP) is 2.63. The maximum Gasteiger partial charge on any atom is 0.417 e. The third-order valence-corrected chi connectivity index (χ3v) is 6.53. The summed E-state index contributed by atoms with van der Waals surface area (Å²) >= 11 is 0. The van der Waals surface area contributed by atoms with Crippen LogP contribution in [0.25, 0.3) is 22.6 Å². The van der Waals surface area contributed by atoms with Gasteiger partial charge in [-0.2, -0.15) is 23.1 Å². The monoisotopic (exact) mass is 474 g/mol. The van der Waals surface area contributed by atoms with E-state index in [2.05, 4.69) is 15.1 Å². The van der Waals surface area contributed by atoms with Crippen molar-refractivity contribution < 1.29 is 21.6 Å². The molecule has 0 radical (unpaired) electrons. The van der Waals surface area contributed by atoms with Gasteiger partial charge in [0.25, 0.3) is 0 Å². The lowest BCUT2D eigenvalue weighted by Gasteiger charge is -2.10. The summed E-state index contributed by atoms with van der Waals surface area (Å²) in [5, 5.41) is 12.8. The van der Waals surface area contributed by atoms with Gasteiger partial charge in [-0.25, -0.2) is 27.6 Å². The van der Waals surface area contributed by atoms with Crippen molar-refractivity contribution in [2.24, 2.45) is 0 Å². The van der Waals surface area contributed by atoms with Crippen LogP contribution in [0.2, 0.25) is 0 Å². The van der Waals surface area contributed by atoms with Crippen LogP contribution in [0.3, 0.4) is 0 Å². The number of fused-ring (bicyclic) bond motifs is 1. The van der Waals surface area contributed by atoms with Gasteiger partial charge in [-0.3, -0.25) is 0 Å². The fourth-order valence-corrected chi connectivity index (χ4v) is 4.08. The molecule has 0 aliphatic rings. The van der Waals surface area contributed by atoms with Gasteiger partial charge in [0, 0.05) is 29.7 Å². The van der Waals surface area contributed by atoms with Gasteiger partial charge in [0.2, 0.25) is 0 Å². The van der Waals surface area contributed by atoms with Crippen LogP contribution in [0, 0.1) is 11.3 Å². The molecule has 0 saturated heterocycles.